The van der Waals surface area contributed by atoms with Crippen LogP contribution >= 0.6 is 23.2 Å². The normalized spacial score (nSPS) is 16.4. The van der Waals surface area contributed by atoms with Crippen molar-refractivity contribution < 1.29 is 0 Å². The van der Waals surface area contributed by atoms with Gasteiger partial charge in [0.25, 0.3) is 0 Å². The third-order valence-corrected chi connectivity index (χ3v) is 3.91. The maximum absolute atomic E-state index is 6.01. The van der Waals surface area contributed by atoms with Crippen LogP contribution in [0.1, 0.15) is 31.1 Å². The molecule has 0 atom stereocenters. The highest BCUT2D eigenvalue weighted by Gasteiger charge is 2.24. The van der Waals surface area contributed by atoms with Crippen LogP contribution in [0.5, 0.6) is 0 Å². The minimum atomic E-state index is 0.611. The number of aromatic nitrogens is 2. The summed E-state index contributed by atoms with van der Waals surface area (Å²) in [5.74, 6) is 1.71. The molecule has 0 spiro atoms. The summed E-state index contributed by atoms with van der Waals surface area (Å²) in [5, 5.41) is 0.744. The minimum Gasteiger partial charge on any atom is -0.325 e. The van der Waals surface area contributed by atoms with Gasteiger partial charge in [-0.1, -0.05) is 11.6 Å². The Hall–Kier alpha value is -0.730. The van der Waals surface area contributed by atoms with Gasteiger partial charge < -0.3 is 4.57 Å². The number of hydrogen-bond donors (Lipinski definition) is 0. The maximum Gasteiger partial charge on any atom is 0.111 e. The number of alkyl halides is 1. The van der Waals surface area contributed by atoms with Crippen molar-refractivity contribution in [3.8, 4) is 0 Å². The van der Waals surface area contributed by atoms with E-state index in [0.717, 1.165) is 22.8 Å². The molecule has 1 aliphatic carbocycles. The first kappa shape index (κ1) is 11.4. The van der Waals surface area contributed by atoms with Crippen molar-refractivity contribution in [2.75, 3.05) is 5.88 Å². The molecule has 3 rings (SSSR count). The lowest BCUT2D eigenvalue weighted by molar-refractivity contribution is 0.314. The second-order valence-corrected chi connectivity index (χ2v) is 5.37. The maximum atomic E-state index is 6.01. The van der Waals surface area contributed by atoms with Crippen LogP contribution in [0, 0.1) is 0 Å². The van der Waals surface area contributed by atoms with Crippen LogP contribution in [0.15, 0.2) is 18.2 Å². The van der Waals surface area contributed by atoms with Crippen LogP contribution in [-0.4, -0.2) is 15.4 Å². The predicted molar refractivity (Wildman–Crippen MR) is 72.1 cm³/mol. The zero-order chi connectivity index (χ0) is 11.8. The molecule has 1 aromatic heterocycles. The molecule has 0 N–H and O–H groups in total. The Balaban J connectivity index is 2.16. The largest absolute Gasteiger partial charge is 0.325 e. The third-order valence-electron chi connectivity index (χ3n) is 3.48. The molecule has 0 aliphatic heterocycles. The van der Waals surface area contributed by atoms with Crippen molar-refractivity contribution in [1.82, 2.24) is 9.55 Å². The Kier molecular flexibility index (Phi) is 3.01. The summed E-state index contributed by atoms with van der Waals surface area (Å²) in [5.41, 5.74) is 2.18. The molecule has 2 nitrogen and oxygen atoms in total. The van der Waals surface area contributed by atoms with Crippen molar-refractivity contribution in [2.24, 2.45) is 0 Å². The Morgan fingerprint density at radius 2 is 2.18 bits per heavy atom. The van der Waals surface area contributed by atoms with Gasteiger partial charge in [-0.3, -0.25) is 0 Å². The SMILES string of the molecule is ClCCc1nc2cc(Cl)ccc2n1C1CCC1. The fourth-order valence-corrected chi connectivity index (χ4v) is 2.77. The van der Waals surface area contributed by atoms with Gasteiger partial charge in [0.05, 0.1) is 11.0 Å². The van der Waals surface area contributed by atoms with Crippen molar-refractivity contribution >= 4 is 34.2 Å². The highest BCUT2D eigenvalue weighted by Crippen LogP contribution is 2.36. The number of rotatable bonds is 3. The summed E-state index contributed by atoms with van der Waals surface area (Å²) in [6.07, 6.45) is 4.65. The molecular formula is C13H14Cl2N2. The van der Waals surface area contributed by atoms with Gasteiger partial charge in [-0.25, -0.2) is 4.98 Å². The summed E-state index contributed by atoms with van der Waals surface area (Å²) in [4.78, 5) is 4.66. The molecule has 1 aliphatic rings. The van der Waals surface area contributed by atoms with E-state index >= 15 is 0 Å². The molecule has 0 saturated heterocycles. The molecule has 0 amide bonds. The molecule has 90 valence electrons. The Morgan fingerprint density at radius 1 is 1.35 bits per heavy atom. The fourth-order valence-electron chi connectivity index (χ4n) is 2.44. The Bertz CT molecular complexity index is 544. The number of imidazole rings is 1. The predicted octanol–water partition coefficient (Wildman–Crippen LogP) is 4.20. The monoisotopic (exact) mass is 268 g/mol. The van der Waals surface area contributed by atoms with E-state index in [1.54, 1.807) is 0 Å². The van der Waals surface area contributed by atoms with Crippen LogP contribution in [-0.2, 0) is 6.42 Å². The fraction of sp³-hybridized carbons (Fsp3) is 0.462. The number of halogens is 2. The van der Waals surface area contributed by atoms with Gasteiger partial charge in [-0.15, -0.1) is 11.6 Å². The zero-order valence-electron chi connectivity index (χ0n) is 9.50. The van der Waals surface area contributed by atoms with Crippen LogP contribution in [0.25, 0.3) is 11.0 Å². The molecule has 1 heterocycles. The standard InChI is InChI=1S/C13H14Cl2N2/c14-7-6-13-16-11-8-9(15)4-5-12(11)17(13)10-2-1-3-10/h4-5,8,10H,1-3,6-7H2. The van der Waals surface area contributed by atoms with Gasteiger partial charge >= 0.3 is 0 Å². The smallest absolute Gasteiger partial charge is 0.111 e. The molecule has 17 heavy (non-hydrogen) atoms. The van der Waals surface area contributed by atoms with E-state index in [9.17, 15) is 0 Å². The van der Waals surface area contributed by atoms with Gasteiger partial charge in [-0.05, 0) is 37.5 Å². The van der Waals surface area contributed by atoms with Crippen LogP contribution in [0.3, 0.4) is 0 Å². The average molecular weight is 269 g/mol. The average Bonchev–Trinajstić information content (AvgIpc) is 2.55. The molecule has 1 aromatic carbocycles. The Morgan fingerprint density at radius 3 is 2.82 bits per heavy atom. The molecule has 1 fully saturated rings. The molecule has 4 heteroatoms. The number of benzene rings is 1. The van der Waals surface area contributed by atoms with Gasteiger partial charge in [0, 0.05) is 23.4 Å². The molecule has 0 radical (unpaired) electrons. The lowest BCUT2D eigenvalue weighted by atomic mass is 9.92. The summed E-state index contributed by atoms with van der Waals surface area (Å²) in [6, 6.07) is 6.55. The van der Waals surface area contributed by atoms with E-state index in [4.69, 9.17) is 23.2 Å². The van der Waals surface area contributed by atoms with Crippen molar-refractivity contribution in [3.63, 3.8) is 0 Å². The first-order valence-corrected chi connectivity index (χ1v) is 6.93. The van der Waals surface area contributed by atoms with Gasteiger partial charge in [0.2, 0.25) is 0 Å². The molecule has 2 aromatic rings. The topological polar surface area (TPSA) is 17.8 Å². The van der Waals surface area contributed by atoms with E-state index in [0.29, 0.717) is 11.9 Å². The molecular weight excluding hydrogens is 255 g/mol. The minimum absolute atomic E-state index is 0.611. The molecule has 1 saturated carbocycles. The third kappa shape index (κ3) is 1.94. The van der Waals surface area contributed by atoms with Gasteiger partial charge in [0.1, 0.15) is 5.82 Å². The van der Waals surface area contributed by atoms with Crippen LogP contribution in [0.4, 0.5) is 0 Å². The number of aryl methyl sites for hydroxylation is 1. The summed E-state index contributed by atoms with van der Waals surface area (Å²) < 4.78 is 2.36. The van der Waals surface area contributed by atoms with Gasteiger partial charge in [-0.2, -0.15) is 0 Å². The highest BCUT2D eigenvalue weighted by atomic mass is 35.5. The van der Waals surface area contributed by atoms with E-state index < -0.39 is 0 Å². The zero-order valence-corrected chi connectivity index (χ0v) is 11.0. The van der Waals surface area contributed by atoms with E-state index in [-0.39, 0.29) is 0 Å². The lowest BCUT2D eigenvalue weighted by Crippen LogP contribution is -2.19. The van der Waals surface area contributed by atoms with Crippen LogP contribution < -0.4 is 0 Å². The molecule has 0 unspecified atom stereocenters. The van der Waals surface area contributed by atoms with Crippen molar-refractivity contribution in [2.45, 2.75) is 31.7 Å². The molecule has 0 bridgehead atoms. The first-order valence-electron chi connectivity index (χ1n) is 6.02. The second kappa shape index (κ2) is 4.51. The van der Waals surface area contributed by atoms with Crippen molar-refractivity contribution in [1.29, 1.82) is 0 Å². The number of nitrogens with zero attached hydrogens (tertiary/aromatic N) is 2. The van der Waals surface area contributed by atoms with E-state index in [2.05, 4.69) is 15.6 Å². The quantitative estimate of drug-likeness (QED) is 0.764. The van der Waals surface area contributed by atoms with E-state index in [1.165, 1.54) is 24.8 Å². The Labute approximate surface area is 111 Å². The summed E-state index contributed by atoms with van der Waals surface area (Å²) in [7, 11) is 0. The summed E-state index contributed by atoms with van der Waals surface area (Å²) in [6.45, 7) is 0. The first-order chi connectivity index (χ1) is 8.29. The van der Waals surface area contributed by atoms with Crippen molar-refractivity contribution in [3.05, 3.63) is 29.0 Å². The highest BCUT2D eigenvalue weighted by molar-refractivity contribution is 6.31. The number of hydrogen-bond acceptors (Lipinski definition) is 1. The number of fused-ring (bicyclic) bond motifs is 1. The van der Waals surface area contributed by atoms with Gasteiger partial charge in [0.15, 0.2) is 0 Å². The second-order valence-electron chi connectivity index (χ2n) is 4.55. The van der Waals surface area contributed by atoms with Crippen LogP contribution in [0.2, 0.25) is 5.02 Å². The lowest BCUT2D eigenvalue weighted by Gasteiger charge is -2.29. The van der Waals surface area contributed by atoms with E-state index in [1.807, 2.05) is 12.1 Å². The summed E-state index contributed by atoms with van der Waals surface area (Å²) >= 11 is 11.9.